The summed E-state index contributed by atoms with van der Waals surface area (Å²) in [6.07, 6.45) is 3.06. The molecule has 0 amide bonds. The van der Waals surface area contributed by atoms with Crippen LogP contribution in [-0.2, 0) is 6.42 Å². The van der Waals surface area contributed by atoms with Gasteiger partial charge in [-0.15, -0.1) is 24.8 Å². The second-order valence-electron chi connectivity index (χ2n) is 4.30. The lowest BCUT2D eigenvalue weighted by molar-refractivity contribution is 0.0636. The molecule has 0 radical (unpaired) electrons. The van der Waals surface area contributed by atoms with Crippen LogP contribution in [0.5, 0.6) is 0 Å². The smallest absolute Gasteiger partial charge is 0.0606 e. The number of hydrogen-bond donors (Lipinski definition) is 2. The molecular weight excluding hydrogens is 247 g/mol. The van der Waals surface area contributed by atoms with Crippen LogP contribution in [0.1, 0.15) is 26.0 Å². The minimum atomic E-state index is -0.700. The molecule has 0 aromatic carbocycles. The first-order valence-electron chi connectivity index (χ1n) is 4.85. The summed E-state index contributed by atoms with van der Waals surface area (Å²) in [5.74, 6) is 0. The molecule has 3 nitrogen and oxygen atoms in total. The van der Waals surface area contributed by atoms with E-state index in [0.717, 1.165) is 5.69 Å². The highest BCUT2D eigenvalue weighted by atomic mass is 35.5. The molecule has 0 saturated carbocycles. The number of aliphatic hydroxyl groups is 1. The van der Waals surface area contributed by atoms with Crippen molar-refractivity contribution in [2.75, 3.05) is 0 Å². The molecule has 0 aliphatic rings. The molecule has 1 aromatic heterocycles. The van der Waals surface area contributed by atoms with E-state index in [-0.39, 0.29) is 30.9 Å². The molecule has 3 N–H and O–H groups in total. The van der Waals surface area contributed by atoms with Gasteiger partial charge in [-0.25, -0.2) is 0 Å². The molecule has 0 bridgehead atoms. The van der Waals surface area contributed by atoms with Gasteiger partial charge in [0, 0.05) is 24.4 Å². The van der Waals surface area contributed by atoms with Crippen molar-refractivity contribution in [2.24, 2.45) is 5.73 Å². The Morgan fingerprint density at radius 2 is 2.00 bits per heavy atom. The fraction of sp³-hybridized carbons (Fsp3) is 0.545. The molecule has 0 aliphatic carbocycles. The number of rotatable bonds is 4. The molecule has 1 heterocycles. The zero-order valence-electron chi connectivity index (χ0n) is 9.59. The maximum Gasteiger partial charge on any atom is 0.0606 e. The highest BCUT2D eigenvalue weighted by Gasteiger charge is 2.17. The number of halogens is 2. The summed E-state index contributed by atoms with van der Waals surface area (Å²) in [4.78, 5) is 4.19. The van der Waals surface area contributed by atoms with Crippen LogP contribution in [0.4, 0.5) is 0 Å². The first-order valence-corrected chi connectivity index (χ1v) is 4.85. The third-order valence-electron chi connectivity index (χ3n) is 1.96. The van der Waals surface area contributed by atoms with Crippen molar-refractivity contribution in [3.63, 3.8) is 0 Å². The zero-order valence-corrected chi connectivity index (χ0v) is 11.2. The summed E-state index contributed by atoms with van der Waals surface area (Å²) in [6, 6.07) is 5.74. The zero-order chi connectivity index (χ0) is 10.6. The maximum absolute atomic E-state index is 9.57. The molecule has 94 valence electrons. The highest BCUT2D eigenvalue weighted by molar-refractivity contribution is 5.85. The van der Waals surface area contributed by atoms with Crippen LogP contribution >= 0.6 is 24.8 Å². The van der Waals surface area contributed by atoms with E-state index in [9.17, 15) is 5.11 Å². The Hall–Kier alpha value is -0.350. The van der Waals surface area contributed by atoms with Crippen LogP contribution in [0, 0.1) is 0 Å². The SMILES string of the molecule is CC(C)(O)CC(N)Cc1ccccn1.Cl.Cl. The van der Waals surface area contributed by atoms with Gasteiger partial charge in [-0.2, -0.15) is 0 Å². The molecule has 1 atom stereocenters. The summed E-state index contributed by atoms with van der Waals surface area (Å²) in [7, 11) is 0. The van der Waals surface area contributed by atoms with Gasteiger partial charge >= 0.3 is 0 Å². The molecular formula is C11H20Cl2N2O. The predicted molar refractivity (Wildman–Crippen MR) is 71.3 cm³/mol. The van der Waals surface area contributed by atoms with Crippen molar-refractivity contribution in [1.29, 1.82) is 0 Å². The number of nitrogens with zero attached hydrogens (tertiary/aromatic N) is 1. The molecule has 16 heavy (non-hydrogen) atoms. The Morgan fingerprint density at radius 1 is 1.38 bits per heavy atom. The van der Waals surface area contributed by atoms with Crippen LogP contribution in [0.3, 0.4) is 0 Å². The third-order valence-corrected chi connectivity index (χ3v) is 1.96. The Morgan fingerprint density at radius 3 is 2.44 bits per heavy atom. The van der Waals surface area contributed by atoms with E-state index in [4.69, 9.17) is 5.73 Å². The van der Waals surface area contributed by atoms with Crippen LogP contribution in [0.25, 0.3) is 0 Å². The average Bonchev–Trinajstić information content (AvgIpc) is 2.02. The fourth-order valence-electron chi connectivity index (χ4n) is 1.50. The normalized spacial score (nSPS) is 12.2. The van der Waals surface area contributed by atoms with Gasteiger partial charge in [0.25, 0.3) is 0 Å². The molecule has 0 spiro atoms. The van der Waals surface area contributed by atoms with Gasteiger partial charge < -0.3 is 10.8 Å². The van der Waals surface area contributed by atoms with Gasteiger partial charge in [0.05, 0.1) is 5.60 Å². The van der Waals surface area contributed by atoms with Crippen molar-refractivity contribution >= 4 is 24.8 Å². The largest absolute Gasteiger partial charge is 0.390 e. The topological polar surface area (TPSA) is 59.1 Å². The Balaban J connectivity index is 0. The number of hydrogen-bond acceptors (Lipinski definition) is 3. The van der Waals surface area contributed by atoms with Gasteiger partial charge in [0.1, 0.15) is 0 Å². The standard InChI is InChI=1S/C11H18N2O.2ClH/c1-11(2,14)8-9(12)7-10-5-3-4-6-13-10;;/h3-6,9,14H,7-8,12H2,1-2H3;2*1H. The van der Waals surface area contributed by atoms with Crippen molar-refractivity contribution in [3.05, 3.63) is 30.1 Å². The van der Waals surface area contributed by atoms with Gasteiger partial charge in [-0.1, -0.05) is 6.07 Å². The minimum absolute atomic E-state index is 0. The van der Waals surface area contributed by atoms with E-state index in [1.807, 2.05) is 18.2 Å². The summed E-state index contributed by atoms with van der Waals surface area (Å²) in [6.45, 7) is 3.54. The summed E-state index contributed by atoms with van der Waals surface area (Å²) in [5, 5.41) is 9.57. The Labute approximate surface area is 109 Å². The van der Waals surface area contributed by atoms with E-state index in [2.05, 4.69) is 4.98 Å². The monoisotopic (exact) mass is 266 g/mol. The van der Waals surface area contributed by atoms with Gasteiger partial charge in [-0.3, -0.25) is 4.98 Å². The molecule has 0 saturated heterocycles. The Bertz CT molecular complexity index is 275. The maximum atomic E-state index is 9.57. The molecule has 5 heteroatoms. The quantitative estimate of drug-likeness (QED) is 0.876. The third kappa shape index (κ3) is 7.88. The second-order valence-corrected chi connectivity index (χ2v) is 4.30. The first kappa shape index (κ1) is 18.0. The van der Waals surface area contributed by atoms with E-state index in [1.54, 1.807) is 20.0 Å². The van der Waals surface area contributed by atoms with Crippen molar-refractivity contribution in [2.45, 2.75) is 38.3 Å². The van der Waals surface area contributed by atoms with Crippen LogP contribution < -0.4 is 5.73 Å². The molecule has 1 rings (SSSR count). The summed E-state index contributed by atoms with van der Waals surface area (Å²) < 4.78 is 0. The van der Waals surface area contributed by atoms with Gasteiger partial charge in [-0.05, 0) is 32.4 Å². The highest BCUT2D eigenvalue weighted by Crippen LogP contribution is 2.11. The minimum Gasteiger partial charge on any atom is -0.390 e. The van der Waals surface area contributed by atoms with E-state index in [0.29, 0.717) is 12.8 Å². The van der Waals surface area contributed by atoms with Crippen molar-refractivity contribution < 1.29 is 5.11 Å². The summed E-state index contributed by atoms with van der Waals surface area (Å²) in [5.41, 5.74) is 6.17. The predicted octanol–water partition coefficient (Wildman–Crippen LogP) is 1.96. The second kappa shape index (κ2) is 7.85. The van der Waals surface area contributed by atoms with Crippen molar-refractivity contribution in [1.82, 2.24) is 4.98 Å². The van der Waals surface area contributed by atoms with Crippen molar-refractivity contribution in [3.8, 4) is 0 Å². The lowest BCUT2D eigenvalue weighted by Crippen LogP contribution is -2.33. The van der Waals surface area contributed by atoms with Crippen LogP contribution in [0.15, 0.2) is 24.4 Å². The first-order chi connectivity index (χ1) is 6.47. The molecule has 1 aromatic rings. The van der Waals surface area contributed by atoms with E-state index >= 15 is 0 Å². The molecule has 0 aliphatic heterocycles. The lowest BCUT2D eigenvalue weighted by Gasteiger charge is -2.21. The Kier molecular flexibility index (Phi) is 8.84. The number of nitrogens with two attached hydrogens (primary N) is 1. The molecule has 1 unspecified atom stereocenters. The lowest BCUT2D eigenvalue weighted by atomic mass is 9.96. The fourth-order valence-corrected chi connectivity index (χ4v) is 1.50. The molecule has 0 fully saturated rings. The van der Waals surface area contributed by atoms with Crippen LogP contribution in [-0.4, -0.2) is 21.7 Å². The number of pyridine rings is 1. The van der Waals surface area contributed by atoms with E-state index < -0.39 is 5.60 Å². The summed E-state index contributed by atoms with van der Waals surface area (Å²) >= 11 is 0. The van der Waals surface area contributed by atoms with E-state index in [1.165, 1.54) is 0 Å². The number of aromatic nitrogens is 1. The van der Waals surface area contributed by atoms with Gasteiger partial charge in [0.2, 0.25) is 0 Å². The van der Waals surface area contributed by atoms with Gasteiger partial charge in [0.15, 0.2) is 0 Å². The van der Waals surface area contributed by atoms with Crippen LogP contribution in [0.2, 0.25) is 0 Å². The average molecular weight is 267 g/mol.